The summed E-state index contributed by atoms with van der Waals surface area (Å²) in [5.41, 5.74) is 4.13. The molecule has 0 atom stereocenters. The summed E-state index contributed by atoms with van der Waals surface area (Å²) >= 11 is 0. The third-order valence-corrected chi connectivity index (χ3v) is 4.60. The van der Waals surface area contributed by atoms with Crippen molar-refractivity contribution in [2.24, 2.45) is 0 Å². The molecule has 3 rings (SSSR count). The van der Waals surface area contributed by atoms with Crippen LogP contribution in [0.1, 0.15) is 21.6 Å². The molecule has 0 spiro atoms. The Labute approximate surface area is 170 Å². The number of nitrogens with zero attached hydrogens (tertiary/aromatic N) is 1. The van der Waals surface area contributed by atoms with Crippen LogP contribution in [0.4, 0.5) is 11.4 Å². The van der Waals surface area contributed by atoms with Gasteiger partial charge in [-0.15, -0.1) is 0 Å². The van der Waals surface area contributed by atoms with Gasteiger partial charge >= 0.3 is 0 Å². The lowest BCUT2D eigenvalue weighted by Gasteiger charge is -2.11. The van der Waals surface area contributed by atoms with Crippen molar-refractivity contribution < 1.29 is 14.3 Å². The largest absolute Gasteiger partial charge is 0.497 e. The van der Waals surface area contributed by atoms with Crippen molar-refractivity contribution in [1.82, 2.24) is 4.98 Å². The summed E-state index contributed by atoms with van der Waals surface area (Å²) in [4.78, 5) is 16.7. The molecule has 6 heteroatoms. The summed E-state index contributed by atoms with van der Waals surface area (Å²) in [5, 5.41) is 6.18. The van der Waals surface area contributed by atoms with Gasteiger partial charge in [0.2, 0.25) is 0 Å². The van der Waals surface area contributed by atoms with Crippen molar-refractivity contribution in [2.75, 3.05) is 30.9 Å². The number of hydrogen-bond acceptors (Lipinski definition) is 5. The van der Waals surface area contributed by atoms with Gasteiger partial charge in [0.05, 0.1) is 7.11 Å². The normalized spacial score (nSPS) is 10.3. The Hall–Kier alpha value is -3.54. The van der Waals surface area contributed by atoms with Crippen molar-refractivity contribution in [3.05, 3.63) is 77.6 Å². The molecule has 0 aliphatic carbocycles. The van der Waals surface area contributed by atoms with Crippen LogP contribution < -0.4 is 20.1 Å². The first-order chi connectivity index (χ1) is 14.1. The highest BCUT2D eigenvalue weighted by Crippen LogP contribution is 2.19. The maximum Gasteiger partial charge on any atom is 0.274 e. The molecule has 0 saturated carbocycles. The second kappa shape index (κ2) is 9.59. The highest BCUT2D eigenvalue weighted by Gasteiger charge is 2.10. The van der Waals surface area contributed by atoms with Crippen LogP contribution in [0.15, 0.2) is 60.8 Å². The van der Waals surface area contributed by atoms with E-state index in [2.05, 4.69) is 15.6 Å². The van der Waals surface area contributed by atoms with E-state index in [9.17, 15) is 4.79 Å². The summed E-state index contributed by atoms with van der Waals surface area (Å²) in [5.74, 6) is 1.33. The predicted octanol–water partition coefficient (Wildman–Crippen LogP) is 4.45. The Bertz CT molecular complexity index is 971. The summed E-state index contributed by atoms with van der Waals surface area (Å²) < 4.78 is 10.8. The van der Waals surface area contributed by atoms with E-state index in [1.165, 1.54) is 0 Å². The SMILES string of the molecule is COc1ccc(OCCNc2ccnc(C(=O)Nc3cccc(C)c3C)c2)cc1. The zero-order valence-corrected chi connectivity index (χ0v) is 16.9. The van der Waals surface area contributed by atoms with Gasteiger partial charge in [0.25, 0.3) is 5.91 Å². The number of ether oxygens (including phenoxy) is 2. The molecule has 2 aromatic carbocycles. The van der Waals surface area contributed by atoms with Crippen LogP contribution in [-0.4, -0.2) is 31.2 Å². The number of methoxy groups -OCH3 is 1. The van der Waals surface area contributed by atoms with E-state index in [-0.39, 0.29) is 5.91 Å². The number of amides is 1. The van der Waals surface area contributed by atoms with E-state index in [0.29, 0.717) is 18.8 Å². The number of carbonyl (C=O) groups is 1. The summed E-state index contributed by atoms with van der Waals surface area (Å²) in [7, 11) is 1.63. The maximum absolute atomic E-state index is 12.6. The molecule has 6 nitrogen and oxygen atoms in total. The number of pyridine rings is 1. The molecule has 0 bridgehead atoms. The van der Waals surface area contributed by atoms with E-state index in [1.54, 1.807) is 19.4 Å². The Morgan fingerprint density at radius 3 is 2.55 bits per heavy atom. The first kappa shape index (κ1) is 20.2. The fraction of sp³-hybridized carbons (Fsp3) is 0.217. The fourth-order valence-corrected chi connectivity index (χ4v) is 2.77. The third-order valence-electron chi connectivity index (χ3n) is 4.60. The number of aryl methyl sites for hydroxylation is 1. The molecule has 0 aliphatic heterocycles. The zero-order chi connectivity index (χ0) is 20.6. The fourth-order valence-electron chi connectivity index (χ4n) is 2.77. The van der Waals surface area contributed by atoms with Gasteiger partial charge in [-0.05, 0) is 67.4 Å². The van der Waals surface area contributed by atoms with Crippen LogP contribution in [0.25, 0.3) is 0 Å². The first-order valence-corrected chi connectivity index (χ1v) is 9.41. The third kappa shape index (κ3) is 5.48. The van der Waals surface area contributed by atoms with E-state index in [1.807, 2.05) is 62.4 Å². The number of anilines is 2. The highest BCUT2D eigenvalue weighted by molar-refractivity contribution is 6.03. The minimum absolute atomic E-state index is 0.239. The minimum atomic E-state index is -0.239. The highest BCUT2D eigenvalue weighted by atomic mass is 16.5. The average molecular weight is 391 g/mol. The summed E-state index contributed by atoms with van der Waals surface area (Å²) in [6, 6.07) is 16.8. The molecule has 0 radical (unpaired) electrons. The van der Waals surface area contributed by atoms with Crippen LogP contribution in [0.2, 0.25) is 0 Å². The Morgan fingerprint density at radius 2 is 1.79 bits per heavy atom. The molecular formula is C23H25N3O3. The molecular weight excluding hydrogens is 366 g/mol. The van der Waals surface area contributed by atoms with Crippen LogP contribution in [-0.2, 0) is 0 Å². The predicted molar refractivity (Wildman–Crippen MR) is 115 cm³/mol. The molecule has 0 aliphatic rings. The van der Waals surface area contributed by atoms with Gasteiger partial charge in [0, 0.05) is 24.1 Å². The van der Waals surface area contributed by atoms with Crippen LogP contribution in [0.3, 0.4) is 0 Å². The number of benzene rings is 2. The quantitative estimate of drug-likeness (QED) is 0.555. The molecule has 0 fully saturated rings. The molecule has 0 unspecified atom stereocenters. The molecule has 1 aromatic heterocycles. The van der Waals surface area contributed by atoms with Gasteiger partial charge in [-0.2, -0.15) is 0 Å². The second-order valence-electron chi connectivity index (χ2n) is 6.58. The molecule has 29 heavy (non-hydrogen) atoms. The lowest BCUT2D eigenvalue weighted by Crippen LogP contribution is -2.16. The van der Waals surface area contributed by atoms with Crippen LogP contribution in [0, 0.1) is 13.8 Å². The maximum atomic E-state index is 12.6. The summed E-state index contributed by atoms with van der Waals surface area (Å²) in [6.45, 7) is 5.08. The van der Waals surface area contributed by atoms with Crippen molar-refractivity contribution in [3.63, 3.8) is 0 Å². The van der Waals surface area contributed by atoms with Crippen molar-refractivity contribution in [2.45, 2.75) is 13.8 Å². The molecule has 2 N–H and O–H groups in total. The summed E-state index contributed by atoms with van der Waals surface area (Å²) in [6.07, 6.45) is 1.62. The van der Waals surface area contributed by atoms with E-state index < -0.39 is 0 Å². The van der Waals surface area contributed by atoms with E-state index in [0.717, 1.165) is 34.0 Å². The smallest absolute Gasteiger partial charge is 0.274 e. The standard InChI is InChI=1S/C23H25N3O3/c1-16-5-4-6-21(17(16)2)26-23(27)22-15-18(11-12-25-22)24-13-14-29-20-9-7-19(28-3)8-10-20/h4-12,15H,13-14H2,1-3H3,(H,24,25)(H,26,27). The van der Waals surface area contributed by atoms with E-state index in [4.69, 9.17) is 9.47 Å². The van der Waals surface area contributed by atoms with E-state index >= 15 is 0 Å². The van der Waals surface area contributed by atoms with Crippen LogP contribution >= 0.6 is 0 Å². The van der Waals surface area contributed by atoms with Gasteiger partial charge in [-0.3, -0.25) is 9.78 Å². The Balaban J connectivity index is 1.53. The van der Waals surface area contributed by atoms with Gasteiger partial charge in [0.1, 0.15) is 23.8 Å². The zero-order valence-electron chi connectivity index (χ0n) is 16.9. The first-order valence-electron chi connectivity index (χ1n) is 9.41. The van der Waals surface area contributed by atoms with Crippen molar-refractivity contribution in [3.8, 4) is 11.5 Å². The molecule has 0 saturated heterocycles. The molecule has 150 valence electrons. The Kier molecular flexibility index (Phi) is 6.68. The molecule has 1 amide bonds. The Morgan fingerprint density at radius 1 is 1.03 bits per heavy atom. The number of nitrogens with one attached hydrogen (secondary N) is 2. The number of hydrogen-bond donors (Lipinski definition) is 2. The van der Waals surface area contributed by atoms with Gasteiger partial charge in [-0.1, -0.05) is 12.1 Å². The monoisotopic (exact) mass is 391 g/mol. The topological polar surface area (TPSA) is 72.5 Å². The number of carbonyl (C=O) groups excluding carboxylic acids is 1. The van der Waals surface area contributed by atoms with Crippen molar-refractivity contribution >= 4 is 17.3 Å². The number of rotatable bonds is 8. The van der Waals surface area contributed by atoms with Crippen molar-refractivity contribution in [1.29, 1.82) is 0 Å². The average Bonchev–Trinajstić information content (AvgIpc) is 2.75. The lowest BCUT2D eigenvalue weighted by atomic mass is 10.1. The molecule has 1 heterocycles. The van der Waals surface area contributed by atoms with Crippen LogP contribution in [0.5, 0.6) is 11.5 Å². The van der Waals surface area contributed by atoms with Gasteiger partial charge in [-0.25, -0.2) is 0 Å². The van der Waals surface area contributed by atoms with Gasteiger partial charge < -0.3 is 20.1 Å². The van der Waals surface area contributed by atoms with Gasteiger partial charge in [0.15, 0.2) is 0 Å². The number of aromatic nitrogens is 1. The molecule has 3 aromatic rings. The minimum Gasteiger partial charge on any atom is -0.497 e. The lowest BCUT2D eigenvalue weighted by molar-refractivity contribution is 0.102. The second-order valence-corrected chi connectivity index (χ2v) is 6.58.